The van der Waals surface area contributed by atoms with Crippen LogP contribution in [0.5, 0.6) is 0 Å². The molecule has 0 saturated heterocycles. The number of carbonyl (C=O) groups is 1. The van der Waals surface area contributed by atoms with Crippen molar-refractivity contribution in [2.75, 3.05) is 11.3 Å². The van der Waals surface area contributed by atoms with E-state index in [2.05, 4.69) is 10.2 Å². The number of rotatable bonds is 6. The number of hydrogen-bond donors (Lipinski definition) is 2. The van der Waals surface area contributed by atoms with E-state index in [0.29, 0.717) is 6.61 Å². The van der Waals surface area contributed by atoms with Crippen molar-refractivity contribution in [3.8, 4) is 0 Å². The van der Waals surface area contributed by atoms with Gasteiger partial charge in [-0.1, -0.05) is 29.3 Å². The second-order valence-corrected chi connectivity index (χ2v) is 7.12. The van der Waals surface area contributed by atoms with E-state index in [4.69, 9.17) is 28.0 Å². The van der Waals surface area contributed by atoms with E-state index in [9.17, 15) is 13.2 Å². The van der Waals surface area contributed by atoms with Gasteiger partial charge in [0.05, 0.1) is 21.5 Å². The van der Waals surface area contributed by atoms with E-state index in [1.165, 1.54) is 36.4 Å². The van der Waals surface area contributed by atoms with Crippen molar-refractivity contribution in [2.24, 2.45) is 0 Å². The van der Waals surface area contributed by atoms with Gasteiger partial charge in [0.25, 0.3) is 15.9 Å². The lowest BCUT2D eigenvalue weighted by Gasteiger charge is -2.10. The lowest BCUT2D eigenvalue weighted by molar-refractivity contribution is 0.0364. The summed E-state index contributed by atoms with van der Waals surface area (Å²) in [5.41, 5.74) is 2.71. The number of halogens is 2. The van der Waals surface area contributed by atoms with Crippen LogP contribution in [0.15, 0.2) is 47.4 Å². The third-order valence-electron chi connectivity index (χ3n) is 2.89. The molecule has 0 heterocycles. The van der Waals surface area contributed by atoms with Gasteiger partial charge < -0.3 is 0 Å². The Morgan fingerprint density at radius 2 is 1.88 bits per heavy atom. The van der Waals surface area contributed by atoms with E-state index >= 15 is 0 Å². The highest BCUT2D eigenvalue weighted by Crippen LogP contribution is 2.26. The largest absolute Gasteiger partial charge is 0.280 e. The summed E-state index contributed by atoms with van der Waals surface area (Å²) in [5, 5.41) is 0.384. The van der Waals surface area contributed by atoms with Gasteiger partial charge in [0, 0.05) is 11.3 Å². The van der Waals surface area contributed by atoms with Crippen molar-refractivity contribution in [1.82, 2.24) is 5.48 Å². The molecule has 0 aliphatic carbocycles. The Hall–Kier alpha value is -1.80. The molecule has 1 amide bonds. The molecule has 2 aromatic carbocycles. The first-order valence-corrected chi connectivity index (χ1v) is 9.07. The molecule has 2 N–H and O–H groups in total. The SMILES string of the molecule is CCONC(=O)c1cccc(NS(=O)(=O)c2ccc(Cl)c(Cl)c2)c1. The fraction of sp³-hybridized carbons (Fsp3) is 0.133. The zero-order valence-corrected chi connectivity index (χ0v) is 14.9. The molecule has 9 heteroatoms. The van der Waals surface area contributed by atoms with Crippen LogP contribution in [0.1, 0.15) is 17.3 Å². The van der Waals surface area contributed by atoms with Crippen molar-refractivity contribution >= 4 is 44.8 Å². The molecule has 0 aliphatic rings. The van der Waals surface area contributed by atoms with Crippen LogP contribution in [0.3, 0.4) is 0 Å². The third kappa shape index (κ3) is 4.61. The van der Waals surface area contributed by atoms with Crippen LogP contribution in [-0.4, -0.2) is 20.9 Å². The predicted molar refractivity (Wildman–Crippen MR) is 92.8 cm³/mol. The Bertz CT molecular complexity index is 856. The van der Waals surface area contributed by atoms with Crippen LogP contribution in [0.4, 0.5) is 5.69 Å². The Kier molecular flexibility index (Phi) is 6.06. The number of benzene rings is 2. The predicted octanol–water partition coefficient (Wildman–Crippen LogP) is 3.48. The maximum absolute atomic E-state index is 12.4. The number of hydroxylamine groups is 1. The monoisotopic (exact) mass is 388 g/mol. The first kappa shape index (κ1) is 18.5. The lowest BCUT2D eigenvalue weighted by atomic mass is 10.2. The summed E-state index contributed by atoms with van der Waals surface area (Å²) in [6.07, 6.45) is 0. The standard InChI is InChI=1S/C15H14Cl2N2O4S/c1-2-23-18-15(20)10-4-3-5-11(8-10)19-24(21,22)12-6-7-13(16)14(17)9-12/h3-9,19H,2H2,1H3,(H,18,20). The minimum Gasteiger partial charge on any atom is -0.280 e. The van der Waals surface area contributed by atoms with Crippen molar-refractivity contribution in [3.05, 3.63) is 58.1 Å². The zero-order chi connectivity index (χ0) is 17.7. The van der Waals surface area contributed by atoms with E-state index in [1.54, 1.807) is 13.0 Å². The molecule has 0 unspecified atom stereocenters. The van der Waals surface area contributed by atoms with Gasteiger partial charge >= 0.3 is 0 Å². The van der Waals surface area contributed by atoms with Crippen LogP contribution >= 0.6 is 23.2 Å². The van der Waals surface area contributed by atoms with Gasteiger partial charge in [0.1, 0.15) is 0 Å². The van der Waals surface area contributed by atoms with Crippen LogP contribution < -0.4 is 10.2 Å². The fourth-order valence-electron chi connectivity index (χ4n) is 1.78. The molecule has 24 heavy (non-hydrogen) atoms. The highest BCUT2D eigenvalue weighted by Gasteiger charge is 2.16. The molecular formula is C15H14Cl2N2O4S. The highest BCUT2D eigenvalue weighted by atomic mass is 35.5. The van der Waals surface area contributed by atoms with Gasteiger partial charge in [-0.25, -0.2) is 13.9 Å². The van der Waals surface area contributed by atoms with Gasteiger partial charge in [0.2, 0.25) is 0 Å². The summed E-state index contributed by atoms with van der Waals surface area (Å²) >= 11 is 11.6. The minimum atomic E-state index is -3.87. The molecule has 128 valence electrons. The molecule has 0 bridgehead atoms. The summed E-state index contributed by atoms with van der Waals surface area (Å²) in [6.45, 7) is 2.04. The quantitative estimate of drug-likeness (QED) is 0.741. The Morgan fingerprint density at radius 3 is 2.54 bits per heavy atom. The molecule has 0 atom stereocenters. The molecule has 0 radical (unpaired) electrons. The van der Waals surface area contributed by atoms with Crippen molar-refractivity contribution < 1.29 is 18.0 Å². The first-order chi connectivity index (χ1) is 11.3. The molecule has 0 aliphatic heterocycles. The van der Waals surface area contributed by atoms with Gasteiger partial charge in [-0.15, -0.1) is 0 Å². The van der Waals surface area contributed by atoms with E-state index < -0.39 is 15.9 Å². The molecule has 2 rings (SSSR count). The van der Waals surface area contributed by atoms with Gasteiger partial charge in [-0.05, 0) is 43.3 Å². The first-order valence-electron chi connectivity index (χ1n) is 6.83. The zero-order valence-electron chi connectivity index (χ0n) is 12.5. The average molecular weight is 389 g/mol. The normalized spacial score (nSPS) is 11.1. The molecule has 0 fully saturated rings. The topological polar surface area (TPSA) is 84.5 Å². The van der Waals surface area contributed by atoms with Crippen molar-refractivity contribution in [2.45, 2.75) is 11.8 Å². The van der Waals surface area contributed by atoms with Gasteiger partial charge in [-0.3, -0.25) is 14.4 Å². The maximum atomic E-state index is 12.4. The third-order valence-corrected chi connectivity index (χ3v) is 5.01. The van der Waals surface area contributed by atoms with Gasteiger partial charge in [0.15, 0.2) is 0 Å². The molecule has 0 spiro atoms. The summed E-state index contributed by atoms with van der Waals surface area (Å²) in [5.74, 6) is -0.479. The molecule has 0 saturated carbocycles. The summed E-state index contributed by atoms with van der Waals surface area (Å²) in [7, 11) is -3.87. The van der Waals surface area contributed by atoms with Crippen molar-refractivity contribution in [1.29, 1.82) is 0 Å². The number of hydrogen-bond acceptors (Lipinski definition) is 4. The van der Waals surface area contributed by atoms with Crippen LogP contribution in [0.25, 0.3) is 0 Å². The van der Waals surface area contributed by atoms with E-state index in [1.807, 2.05) is 0 Å². The minimum absolute atomic E-state index is 0.0407. The van der Waals surface area contributed by atoms with Crippen LogP contribution in [-0.2, 0) is 14.9 Å². The molecular weight excluding hydrogens is 375 g/mol. The van der Waals surface area contributed by atoms with Crippen LogP contribution in [0.2, 0.25) is 10.0 Å². The number of carbonyl (C=O) groups excluding carboxylic acids is 1. The summed E-state index contributed by atoms with van der Waals surface area (Å²) < 4.78 is 27.1. The fourth-order valence-corrected chi connectivity index (χ4v) is 3.22. The Balaban J connectivity index is 2.23. The molecule has 6 nitrogen and oxygen atoms in total. The lowest BCUT2D eigenvalue weighted by Crippen LogP contribution is -2.23. The summed E-state index contributed by atoms with van der Waals surface area (Å²) in [6, 6.07) is 9.97. The Morgan fingerprint density at radius 1 is 1.12 bits per heavy atom. The van der Waals surface area contributed by atoms with Crippen molar-refractivity contribution in [3.63, 3.8) is 0 Å². The summed E-state index contributed by atoms with van der Waals surface area (Å²) in [4.78, 5) is 16.6. The molecule has 0 aromatic heterocycles. The maximum Gasteiger partial charge on any atom is 0.274 e. The number of amides is 1. The number of anilines is 1. The smallest absolute Gasteiger partial charge is 0.274 e. The second kappa shape index (κ2) is 7.85. The van der Waals surface area contributed by atoms with Crippen LogP contribution in [0, 0.1) is 0 Å². The number of sulfonamides is 1. The van der Waals surface area contributed by atoms with E-state index in [0.717, 1.165) is 0 Å². The highest BCUT2D eigenvalue weighted by molar-refractivity contribution is 7.92. The molecule has 2 aromatic rings. The number of nitrogens with one attached hydrogen (secondary N) is 2. The average Bonchev–Trinajstić information content (AvgIpc) is 2.54. The Labute approximate surface area is 149 Å². The van der Waals surface area contributed by atoms with E-state index in [-0.39, 0.29) is 26.2 Å². The van der Waals surface area contributed by atoms with Gasteiger partial charge in [-0.2, -0.15) is 0 Å². The second-order valence-electron chi connectivity index (χ2n) is 4.63.